The number of hydrogen-bond acceptors (Lipinski definition) is 2. The van der Waals surface area contributed by atoms with Gasteiger partial charge in [0, 0.05) is 0 Å². The molecule has 3 unspecified atom stereocenters. The maximum atomic E-state index is 9.37. The average molecular weight is 186 g/mol. The summed E-state index contributed by atoms with van der Waals surface area (Å²) in [7, 11) is 0. The Labute approximate surface area is 81.3 Å². The zero-order valence-electron chi connectivity index (χ0n) is 8.74. The van der Waals surface area contributed by atoms with Crippen molar-refractivity contribution in [2.24, 2.45) is 5.92 Å². The lowest BCUT2D eigenvalue weighted by Crippen LogP contribution is -2.14. The molecule has 0 radical (unpaired) electrons. The van der Waals surface area contributed by atoms with E-state index in [0.29, 0.717) is 12.3 Å². The SMILES string of the molecule is C=CCC(O)CCCC(C)C(C)O. The quantitative estimate of drug-likeness (QED) is 0.598. The summed E-state index contributed by atoms with van der Waals surface area (Å²) in [6, 6.07) is 0. The van der Waals surface area contributed by atoms with Gasteiger partial charge in [-0.15, -0.1) is 6.58 Å². The maximum Gasteiger partial charge on any atom is 0.0574 e. The van der Waals surface area contributed by atoms with Gasteiger partial charge in [0.2, 0.25) is 0 Å². The van der Waals surface area contributed by atoms with Crippen LogP contribution in [-0.4, -0.2) is 22.4 Å². The van der Waals surface area contributed by atoms with Gasteiger partial charge in [-0.2, -0.15) is 0 Å². The second-order valence-electron chi connectivity index (χ2n) is 3.83. The Bertz CT molecular complexity index is 132. The van der Waals surface area contributed by atoms with Gasteiger partial charge in [0.25, 0.3) is 0 Å². The van der Waals surface area contributed by atoms with Crippen LogP contribution in [0.2, 0.25) is 0 Å². The molecule has 0 aromatic rings. The van der Waals surface area contributed by atoms with Gasteiger partial charge in [0.15, 0.2) is 0 Å². The average Bonchev–Trinajstić information content (AvgIpc) is 2.04. The van der Waals surface area contributed by atoms with Gasteiger partial charge in [0.1, 0.15) is 0 Å². The van der Waals surface area contributed by atoms with Crippen LogP contribution in [0.5, 0.6) is 0 Å². The standard InChI is InChI=1S/C11H22O2/c1-4-6-11(13)8-5-7-9(2)10(3)12/h4,9-13H,1,5-8H2,2-3H3. The molecular weight excluding hydrogens is 164 g/mol. The van der Waals surface area contributed by atoms with Crippen LogP contribution in [0.15, 0.2) is 12.7 Å². The fourth-order valence-corrected chi connectivity index (χ4v) is 1.23. The number of hydrogen-bond donors (Lipinski definition) is 2. The summed E-state index contributed by atoms with van der Waals surface area (Å²) in [5.41, 5.74) is 0. The van der Waals surface area contributed by atoms with E-state index in [1.165, 1.54) is 0 Å². The third-order valence-electron chi connectivity index (χ3n) is 2.46. The zero-order valence-corrected chi connectivity index (χ0v) is 8.74. The van der Waals surface area contributed by atoms with Crippen molar-refractivity contribution in [2.45, 2.75) is 51.7 Å². The van der Waals surface area contributed by atoms with Gasteiger partial charge in [-0.25, -0.2) is 0 Å². The second kappa shape index (κ2) is 7.10. The minimum absolute atomic E-state index is 0.239. The highest BCUT2D eigenvalue weighted by Gasteiger charge is 2.09. The summed E-state index contributed by atoms with van der Waals surface area (Å²) in [4.78, 5) is 0. The topological polar surface area (TPSA) is 40.5 Å². The van der Waals surface area contributed by atoms with Crippen LogP contribution in [0.4, 0.5) is 0 Å². The highest BCUT2D eigenvalue weighted by atomic mass is 16.3. The number of rotatable bonds is 7. The predicted molar refractivity (Wildman–Crippen MR) is 55.5 cm³/mol. The molecule has 0 spiro atoms. The van der Waals surface area contributed by atoms with E-state index in [1.54, 1.807) is 6.08 Å². The molecule has 0 saturated heterocycles. The van der Waals surface area contributed by atoms with Gasteiger partial charge >= 0.3 is 0 Å². The third kappa shape index (κ3) is 6.79. The summed E-state index contributed by atoms with van der Waals surface area (Å²) in [5, 5.41) is 18.6. The van der Waals surface area contributed by atoms with E-state index in [-0.39, 0.29) is 12.2 Å². The Kier molecular flexibility index (Phi) is 6.92. The van der Waals surface area contributed by atoms with Crippen molar-refractivity contribution in [3.8, 4) is 0 Å². The number of aliphatic hydroxyl groups is 2. The zero-order chi connectivity index (χ0) is 10.3. The predicted octanol–water partition coefficient (Wildman–Crippen LogP) is 2.11. The van der Waals surface area contributed by atoms with Crippen molar-refractivity contribution in [2.75, 3.05) is 0 Å². The van der Waals surface area contributed by atoms with Crippen molar-refractivity contribution in [3.63, 3.8) is 0 Å². The molecule has 0 heterocycles. The molecular formula is C11H22O2. The molecule has 0 rings (SSSR count). The summed E-state index contributed by atoms with van der Waals surface area (Å²) in [5.74, 6) is 0.330. The molecule has 0 amide bonds. The molecule has 0 aromatic carbocycles. The first-order valence-electron chi connectivity index (χ1n) is 5.05. The Morgan fingerprint density at radius 1 is 1.23 bits per heavy atom. The van der Waals surface area contributed by atoms with Gasteiger partial charge in [0.05, 0.1) is 12.2 Å². The molecule has 0 aromatic heterocycles. The Morgan fingerprint density at radius 3 is 2.31 bits per heavy atom. The monoisotopic (exact) mass is 186 g/mol. The lowest BCUT2D eigenvalue weighted by atomic mass is 9.97. The van der Waals surface area contributed by atoms with E-state index in [0.717, 1.165) is 19.3 Å². The van der Waals surface area contributed by atoms with E-state index < -0.39 is 0 Å². The summed E-state index contributed by atoms with van der Waals surface area (Å²) in [6.45, 7) is 7.41. The Balaban J connectivity index is 3.38. The Hall–Kier alpha value is -0.340. The first kappa shape index (κ1) is 12.7. The van der Waals surface area contributed by atoms with E-state index in [1.807, 2.05) is 13.8 Å². The molecule has 2 nitrogen and oxygen atoms in total. The van der Waals surface area contributed by atoms with E-state index in [4.69, 9.17) is 0 Å². The third-order valence-corrected chi connectivity index (χ3v) is 2.46. The van der Waals surface area contributed by atoms with Crippen molar-refractivity contribution in [3.05, 3.63) is 12.7 Å². The summed E-state index contributed by atoms with van der Waals surface area (Å²) < 4.78 is 0. The second-order valence-corrected chi connectivity index (χ2v) is 3.83. The molecule has 13 heavy (non-hydrogen) atoms. The molecule has 0 aliphatic heterocycles. The molecule has 0 saturated carbocycles. The molecule has 0 aliphatic carbocycles. The van der Waals surface area contributed by atoms with Crippen molar-refractivity contribution in [1.29, 1.82) is 0 Å². The molecule has 78 valence electrons. The van der Waals surface area contributed by atoms with E-state index in [2.05, 4.69) is 6.58 Å². The first-order valence-corrected chi connectivity index (χ1v) is 5.05. The molecule has 0 bridgehead atoms. The van der Waals surface area contributed by atoms with Crippen LogP contribution in [0.25, 0.3) is 0 Å². The van der Waals surface area contributed by atoms with Crippen molar-refractivity contribution < 1.29 is 10.2 Å². The lowest BCUT2D eigenvalue weighted by Gasteiger charge is -2.15. The van der Waals surface area contributed by atoms with Crippen LogP contribution in [0.1, 0.15) is 39.5 Å². The smallest absolute Gasteiger partial charge is 0.0574 e. The molecule has 2 N–H and O–H groups in total. The number of aliphatic hydroxyl groups excluding tert-OH is 2. The van der Waals surface area contributed by atoms with Crippen LogP contribution in [-0.2, 0) is 0 Å². The fraction of sp³-hybridized carbons (Fsp3) is 0.818. The van der Waals surface area contributed by atoms with Crippen LogP contribution in [0, 0.1) is 5.92 Å². The molecule has 2 heteroatoms. The van der Waals surface area contributed by atoms with Crippen molar-refractivity contribution >= 4 is 0 Å². The van der Waals surface area contributed by atoms with Gasteiger partial charge in [-0.05, 0) is 32.1 Å². The molecule has 3 atom stereocenters. The van der Waals surface area contributed by atoms with E-state index >= 15 is 0 Å². The highest BCUT2D eigenvalue weighted by Crippen LogP contribution is 2.14. The fourth-order valence-electron chi connectivity index (χ4n) is 1.23. The van der Waals surface area contributed by atoms with Crippen LogP contribution in [0.3, 0.4) is 0 Å². The van der Waals surface area contributed by atoms with Crippen molar-refractivity contribution in [1.82, 2.24) is 0 Å². The normalized spacial score (nSPS) is 17.8. The molecule has 0 fully saturated rings. The summed E-state index contributed by atoms with van der Waals surface area (Å²) >= 11 is 0. The minimum atomic E-state index is -0.251. The van der Waals surface area contributed by atoms with Gasteiger partial charge in [-0.1, -0.05) is 19.4 Å². The summed E-state index contributed by atoms with van der Waals surface area (Å²) in [6.07, 6.45) is 4.68. The van der Waals surface area contributed by atoms with Gasteiger partial charge < -0.3 is 10.2 Å². The lowest BCUT2D eigenvalue weighted by molar-refractivity contribution is 0.119. The minimum Gasteiger partial charge on any atom is -0.393 e. The van der Waals surface area contributed by atoms with Crippen LogP contribution < -0.4 is 0 Å². The van der Waals surface area contributed by atoms with Crippen LogP contribution >= 0.6 is 0 Å². The first-order chi connectivity index (χ1) is 6.07. The van der Waals surface area contributed by atoms with E-state index in [9.17, 15) is 10.2 Å². The largest absolute Gasteiger partial charge is 0.393 e. The highest BCUT2D eigenvalue weighted by molar-refractivity contribution is 4.72. The molecule has 0 aliphatic rings. The Morgan fingerprint density at radius 2 is 1.85 bits per heavy atom. The maximum absolute atomic E-state index is 9.37. The van der Waals surface area contributed by atoms with Gasteiger partial charge in [-0.3, -0.25) is 0 Å².